The van der Waals surface area contributed by atoms with E-state index in [1.165, 1.54) is 8.61 Å². The predicted octanol–water partition coefficient (Wildman–Crippen LogP) is 1.16. The number of nitrogens with zero attached hydrogens (tertiary/aromatic N) is 5. The maximum absolute atomic E-state index is 12.4. The molecule has 1 aliphatic heterocycles. The van der Waals surface area contributed by atoms with Gasteiger partial charge in [0.15, 0.2) is 0 Å². The minimum Gasteiger partial charge on any atom is -0.276 e. The van der Waals surface area contributed by atoms with E-state index in [1.807, 2.05) is 19.1 Å². The van der Waals surface area contributed by atoms with Crippen LogP contribution in [0, 0.1) is 6.92 Å². The van der Waals surface area contributed by atoms with Crippen molar-refractivity contribution in [1.29, 1.82) is 0 Å². The summed E-state index contributed by atoms with van der Waals surface area (Å²) in [6, 6.07) is 3.75. The van der Waals surface area contributed by atoms with Crippen LogP contribution in [0.3, 0.4) is 0 Å². The molecule has 1 fully saturated rings. The molecule has 3 rings (SSSR count). The molecule has 1 atom stereocenters. The molecular formula is C15H22N6O2S. The number of hydrogen-bond donors (Lipinski definition) is 1. The largest absolute Gasteiger partial charge is 0.281 e. The maximum Gasteiger partial charge on any atom is 0.281 e. The smallest absolute Gasteiger partial charge is 0.276 e. The third-order valence-corrected chi connectivity index (χ3v) is 6.09. The molecule has 0 saturated carbocycles. The van der Waals surface area contributed by atoms with Crippen molar-refractivity contribution >= 4 is 10.2 Å². The van der Waals surface area contributed by atoms with E-state index in [4.69, 9.17) is 0 Å². The Kier molecular flexibility index (Phi) is 4.66. The molecular weight excluding hydrogens is 328 g/mol. The summed E-state index contributed by atoms with van der Waals surface area (Å²) in [5.41, 5.74) is 2.47. The first-order valence-electron chi connectivity index (χ1n) is 7.91. The molecule has 24 heavy (non-hydrogen) atoms. The Bertz CT molecular complexity index is 803. The summed E-state index contributed by atoms with van der Waals surface area (Å²) in [6.45, 7) is 2.87. The number of rotatable bonds is 4. The molecule has 8 nitrogen and oxygen atoms in total. The number of aryl methyl sites for hydroxylation is 1. The first-order valence-corrected chi connectivity index (χ1v) is 9.30. The number of H-pyrrole nitrogens is 1. The Morgan fingerprint density at radius 2 is 2.12 bits per heavy atom. The summed E-state index contributed by atoms with van der Waals surface area (Å²) >= 11 is 0. The van der Waals surface area contributed by atoms with Crippen molar-refractivity contribution in [3.8, 4) is 11.4 Å². The van der Waals surface area contributed by atoms with Gasteiger partial charge in [0.2, 0.25) is 0 Å². The van der Waals surface area contributed by atoms with E-state index in [2.05, 4.69) is 20.2 Å². The molecule has 130 valence electrons. The average Bonchev–Trinajstić information content (AvgIpc) is 3.09. The van der Waals surface area contributed by atoms with Gasteiger partial charge in [0.1, 0.15) is 5.82 Å². The van der Waals surface area contributed by atoms with Gasteiger partial charge >= 0.3 is 0 Å². The van der Waals surface area contributed by atoms with Crippen LogP contribution in [-0.4, -0.2) is 64.4 Å². The fourth-order valence-corrected chi connectivity index (χ4v) is 4.09. The quantitative estimate of drug-likeness (QED) is 0.893. The van der Waals surface area contributed by atoms with E-state index >= 15 is 0 Å². The monoisotopic (exact) mass is 350 g/mol. The van der Waals surface area contributed by atoms with Crippen LogP contribution in [0.15, 0.2) is 18.3 Å². The minimum absolute atomic E-state index is 0.00459. The zero-order valence-electron chi connectivity index (χ0n) is 14.1. The highest BCUT2D eigenvalue weighted by Crippen LogP contribution is 2.28. The summed E-state index contributed by atoms with van der Waals surface area (Å²) < 4.78 is 27.5. The van der Waals surface area contributed by atoms with Crippen molar-refractivity contribution in [2.24, 2.45) is 0 Å². The zero-order valence-corrected chi connectivity index (χ0v) is 14.9. The summed E-state index contributed by atoms with van der Waals surface area (Å²) in [4.78, 5) is 9.19. The van der Waals surface area contributed by atoms with Crippen molar-refractivity contribution in [2.45, 2.75) is 25.7 Å². The molecule has 2 aromatic heterocycles. The summed E-state index contributed by atoms with van der Waals surface area (Å²) in [5.74, 6) is 0.688. The highest BCUT2D eigenvalue weighted by atomic mass is 32.2. The molecule has 1 N–H and O–H groups in total. The van der Waals surface area contributed by atoms with Gasteiger partial charge in [-0.25, -0.2) is 9.97 Å². The van der Waals surface area contributed by atoms with Crippen LogP contribution in [0.4, 0.5) is 0 Å². The van der Waals surface area contributed by atoms with Crippen LogP contribution in [0.1, 0.15) is 30.3 Å². The first kappa shape index (κ1) is 17.0. The molecule has 1 saturated heterocycles. The van der Waals surface area contributed by atoms with Gasteiger partial charge in [-0.3, -0.25) is 5.10 Å². The lowest BCUT2D eigenvalue weighted by molar-refractivity contribution is 0.293. The van der Waals surface area contributed by atoms with Gasteiger partial charge in [0, 0.05) is 45.0 Å². The van der Waals surface area contributed by atoms with Crippen molar-refractivity contribution < 1.29 is 8.42 Å². The van der Waals surface area contributed by atoms with Gasteiger partial charge in [-0.1, -0.05) is 0 Å². The third-order valence-electron chi connectivity index (χ3n) is 4.19. The Hall–Kier alpha value is -1.84. The van der Waals surface area contributed by atoms with E-state index in [0.717, 1.165) is 29.9 Å². The predicted molar refractivity (Wildman–Crippen MR) is 90.5 cm³/mol. The summed E-state index contributed by atoms with van der Waals surface area (Å²) in [5, 5.41) is 6.86. The second-order valence-electron chi connectivity index (χ2n) is 6.21. The van der Waals surface area contributed by atoms with Crippen molar-refractivity contribution in [2.75, 3.05) is 27.2 Å². The molecule has 0 aromatic carbocycles. The number of aromatic nitrogens is 4. The SMILES string of the molecule is Cc1cc(-c2ccn[nH]2)nc([C@H]2CCCN(S(=O)(=O)N(C)C)C2)n1. The van der Waals surface area contributed by atoms with Crippen LogP contribution >= 0.6 is 0 Å². The van der Waals surface area contributed by atoms with Crippen LogP contribution < -0.4 is 0 Å². The van der Waals surface area contributed by atoms with Gasteiger partial charge in [-0.15, -0.1) is 0 Å². The van der Waals surface area contributed by atoms with Crippen molar-refractivity contribution in [1.82, 2.24) is 28.8 Å². The lowest BCUT2D eigenvalue weighted by Crippen LogP contribution is -2.45. The Morgan fingerprint density at radius 3 is 2.79 bits per heavy atom. The lowest BCUT2D eigenvalue weighted by Gasteiger charge is -2.32. The number of nitrogens with one attached hydrogen (secondary N) is 1. The summed E-state index contributed by atoms with van der Waals surface area (Å²) in [6.07, 6.45) is 3.36. The zero-order chi connectivity index (χ0) is 17.3. The number of hydrogen-bond acceptors (Lipinski definition) is 5. The van der Waals surface area contributed by atoms with E-state index in [0.29, 0.717) is 18.9 Å². The van der Waals surface area contributed by atoms with Crippen molar-refractivity contribution in [3.05, 3.63) is 29.8 Å². The van der Waals surface area contributed by atoms with Crippen LogP contribution in [0.25, 0.3) is 11.4 Å². The Morgan fingerprint density at radius 1 is 1.33 bits per heavy atom. The fourth-order valence-electron chi connectivity index (χ4n) is 2.90. The number of aromatic amines is 1. The highest BCUT2D eigenvalue weighted by molar-refractivity contribution is 7.86. The Balaban J connectivity index is 1.89. The number of piperidine rings is 1. The van der Waals surface area contributed by atoms with Crippen LogP contribution in [0.2, 0.25) is 0 Å². The second-order valence-corrected chi connectivity index (χ2v) is 8.35. The van der Waals surface area contributed by atoms with Crippen LogP contribution in [0.5, 0.6) is 0 Å². The van der Waals surface area contributed by atoms with Gasteiger partial charge < -0.3 is 0 Å². The normalized spacial score (nSPS) is 19.8. The maximum atomic E-state index is 12.4. The molecule has 0 spiro atoms. The van der Waals surface area contributed by atoms with Crippen molar-refractivity contribution in [3.63, 3.8) is 0 Å². The molecule has 3 heterocycles. The third kappa shape index (κ3) is 3.33. The molecule has 0 radical (unpaired) electrons. The molecule has 0 aliphatic carbocycles. The fraction of sp³-hybridized carbons (Fsp3) is 0.533. The minimum atomic E-state index is -3.41. The molecule has 0 amide bonds. The Labute approximate surface area is 142 Å². The molecule has 9 heteroatoms. The van der Waals surface area contributed by atoms with Gasteiger partial charge in [-0.05, 0) is 31.9 Å². The second kappa shape index (κ2) is 6.58. The molecule has 0 bridgehead atoms. The average molecular weight is 350 g/mol. The summed E-state index contributed by atoms with van der Waals surface area (Å²) in [7, 11) is -0.301. The van der Waals surface area contributed by atoms with E-state index in [-0.39, 0.29) is 5.92 Å². The molecule has 2 aromatic rings. The van der Waals surface area contributed by atoms with Gasteiger partial charge in [-0.2, -0.15) is 22.1 Å². The van der Waals surface area contributed by atoms with Gasteiger partial charge in [0.25, 0.3) is 10.2 Å². The lowest BCUT2D eigenvalue weighted by atomic mass is 9.98. The standard InChI is InChI=1S/C15H22N6O2S/c1-11-9-14(13-6-7-16-19-13)18-15(17-11)12-5-4-8-21(10-12)24(22,23)20(2)3/h6-7,9,12H,4-5,8,10H2,1-3H3,(H,16,19)/t12-/m0/s1. The highest BCUT2D eigenvalue weighted by Gasteiger charge is 2.32. The van der Waals surface area contributed by atoms with Crippen LogP contribution in [-0.2, 0) is 10.2 Å². The first-order chi connectivity index (χ1) is 11.4. The molecule has 1 aliphatic rings. The van der Waals surface area contributed by atoms with E-state index in [1.54, 1.807) is 20.3 Å². The molecule has 0 unspecified atom stereocenters. The topological polar surface area (TPSA) is 95.1 Å². The van der Waals surface area contributed by atoms with Gasteiger partial charge in [0.05, 0.1) is 11.4 Å². The van der Waals surface area contributed by atoms with E-state index in [9.17, 15) is 8.42 Å². The van der Waals surface area contributed by atoms with E-state index < -0.39 is 10.2 Å².